The number of anilines is 1. The van der Waals surface area contributed by atoms with E-state index in [1.54, 1.807) is 36.4 Å². The summed E-state index contributed by atoms with van der Waals surface area (Å²) in [6.07, 6.45) is 0.984. The van der Waals surface area contributed by atoms with Crippen LogP contribution in [0, 0.1) is 0 Å². The molecule has 1 saturated heterocycles. The minimum atomic E-state index is -1.44. The third-order valence-corrected chi connectivity index (χ3v) is 8.35. The van der Waals surface area contributed by atoms with E-state index in [-0.39, 0.29) is 42.0 Å². The molecule has 16 heteroatoms. The number of carbonyl (C=O) groups excluding carboxylic acids is 6. The maximum atomic E-state index is 13.9. The predicted octanol–water partition coefficient (Wildman–Crippen LogP) is -0.907. The molecule has 0 aromatic heterocycles. The quantitative estimate of drug-likeness (QED) is 0.0863. The Morgan fingerprint density at radius 2 is 1.19 bits per heavy atom. The molecule has 1 aliphatic heterocycles. The number of para-hydroxylation sites is 1. The van der Waals surface area contributed by atoms with Gasteiger partial charge in [-0.25, -0.2) is 0 Å². The van der Waals surface area contributed by atoms with Crippen LogP contribution in [0.25, 0.3) is 0 Å². The van der Waals surface area contributed by atoms with Gasteiger partial charge in [-0.1, -0.05) is 36.4 Å². The van der Waals surface area contributed by atoms with Gasteiger partial charge in [-0.15, -0.1) is 0 Å². The Hall–Kier alpha value is -6.16. The van der Waals surface area contributed by atoms with Gasteiger partial charge in [-0.05, 0) is 73.3 Å². The van der Waals surface area contributed by atoms with Crippen LogP contribution in [-0.4, -0.2) is 89.5 Å². The first-order chi connectivity index (χ1) is 24.9. The number of nitrogens with one attached hydrogen (secondary N) is 6. The van der Waals surface area contributed by atoms with Crippen LogP contribution in [0.5, 0.6) is 11.5 Å². The Bertz CT molecular complexity index is 1730. The van der Waals surface area contributed by atoms with Crippen molar-refractivity contribution < 1.29 is 39.0 Å². The third-order valence-electron chi connectivity index (χ3n) is 8.35. The fourth-order valence-electron chi connectivity index (χ4n) is 5.47. The molecule has 276 valence electrons. The summed E-state index contributed by atoms with van der Waals surface area (Å²) in [5, 5.41) is 35.1. The summed E-state index contributed by atoms with van der Waals surface area (Å²) in [7, 11) is 0. The third kappa shape index (κ3) is 11.4. The lowest BCUT2D eigenvalue weighted by Gasteiger charge is -2.26. The molecule has 4 rings (SSSR count). The number of nitrogen functional groups attached to an aromatic ring is 1. The molecule has 0 saturated carbocycles. The SMILES string of the molecule is NCCCC[C@H]1NC(=O)[C@H](CNC(=O)c2ccccc2N)NC(=O)[C@H](Cc2ccc(O)cc2)NC(=O)CNC(=O)[C@H](Cc2ccc(O)cc2)NC1=O. The van der Waals surface area contributed by atoms with E-state index in [4.69, 9.17) is 11.5 Å². The average Bonchev–Trinajstić information content (AvgIpc) is 3.12. The van der Waals surface area contributed by atoms with Crippen LogP contribution < -0.4 is 43.4 Å². The molecule has 0 radical (unpaired) electrons. The summed E-state index contributed by atoms with van der Waals surface area (Å²) in [5.74, 6) is -4.42. The maximum absolute atomic E-state index is 13.9. The lowest BCUT2D eigenvalue weighted by Crippen LogP contribution is -2.60. The highest BCUT2D eigenvalue weighted by Crippen LogP contribution is 2.14. The number of nitrogens with two attached hydrogens (primary N) is 2. The van der Waals surface area contributed by atoms with Gasteiger partial charge in [0.1, 0.15) is 35.7 Å². The number of benzene rings is 3. The number of carbonyl (C=O) groups is 6. The van der Waals surface area contributed by atoms with Crippen molar-refractivity contribution in [3.05, 3.63) is 89.5 Å². The maximum Gasteiger partial charge on any atom is 0.253 e. The normalized spacial score (nSPS) is 20.2. The summed E-state index contributed by atoms with van der Waals surface area (Å²) < 4.78 is 0. The standard InChI is InChI=1S/C36H44N8O8/c37-16-4-3-7-27-34(50)43-28(17-21-8-12-23(45)13-9-21)33(49)40-20-31(47)41-29(18-22-10-14-24(46)15-11-22)35(51)44-30(36(52)42-27)19-39-32(48)25-5-1-2-6-26(25)38/h1-2,5-6,8-15,27-30,45-46H,3-4,7,16-20,37-38H2,(H,39,48)(H,40,49)(H,41,47)(H,42,52)(H,43,50)(H,44,51)/t27-,28+,29+,30+/m1/s1. The summed E-state index contributed by atoms with van der Waals surface area (Å²) >= 11 is 0. The largest absolute Gasteiger partial charge is 0.508 e. The molecule has 0 bridgehead atoms. The zero-order valence-electron chi connectivity index (χ0n) is 28.4. The molecule has 3 aromatic carbocycles. The molecule has 0 aliphatic carbocycles. The van der Waals surface area contributed by atoms with Gasteiger partial charge >= 0.3 is 0 Å². The molecular weight excluding hydrogens is 672 g/mol. The van der Waals surface area contributed by atoms with Crippen LogP contribution in [0.3, 0.4) is 0 Å². The van der Waals surface area contributed by atoms with Crippen molar-refractivity contribution in [1.82, 2.24) is 31.9 Å². The molecule has 1 fully saturated rings. The van der Waals surface area contributed by atoms with Gasteiger partial charge in [0.15, 0.2) is 0 Å². The van der Waals surface area contributed by atoms with Crippen molar-refractivity contribution in [2.24, 2.45) is 5.73 Å². The number of phenols is 2. The fraction of sp³-hybridized carbons (Fsp3) is 0.333. The Labute approximate surface area is 300 Å². The van der Waals surface area contributed by atoms with Crippen molar-refractivity contribution in [2.75, 3.05) is 25.4 Å². The number of phenolic OH excluding ortho intramolecular Hbond substituents is 2. The van der Waals surface area contributed by atoms with Gasteiger partial charge in [0, 0.05) is 25.1 Å². The number of hydrogen-bond donors (Lipinski definition) is 10. The van der Waals surface area contributed by atoms with Crippen molar-refractivity contribution in [3.63, 3.8) is 0 Å². The van der Waals surface area contributed by atoms with E-state index in [0.717, 1.165) is 0 Å². The minimum Gasteiger partial charge on any atom is -0.508 e. The molecule has 3 aromatic rings. The molecule has 1 heterocycles. The molecule has 52 heavy (non-hydrogen) atoms. The van der Waals surface area contributed by atoms with Crippen LogP contribution in [0.4, 0.5) is 5.69 Å². The van der Waals surface area contributed by atoms with E-state index in [1.165, 1.54) is 36.4 Å². The van der Waals surface area contributed by atoms with E-state index in [9.17, 15) is 39.0 Å². The van der Waals surface area contributed by atoms with Gasteiger partial charge in [0.2, 0.25) is 29.5 Å². The topological polar surface area (TPSA) is 267 Å². The lowest BCUT2D eigenvalue weighted by molar-refractivity contribution is -0.134. The van der Waals surface area contributed by atoms with Crippen molar-refractivity contribution in [2.45, 2.75) is 56.3 Å². The van der Waals surface area contributed by atoms with Crippen LogP contribution in [0.1, 0.15) is 40.7 Å². The van der Waals surface area contributed by atoms with Gasteiger partial charge in [-0.2, -0.15) is 0 Å². The van der Waals surface area contributed by atoms with Crippen LogP contribution in [-0.2, 0) is 36.8 Å². The highest BCUT2D eigenvalue weighted by atomic mass is 16.3. The van der Waals surface area contributed by atoms with Gasteiger partial charge in [0.05, 0.1) is 12.1 Å². The summed E-state index contributed by atoms with van der Waals surface area (Å²) in [5.41, 5.74) is 13.1. The first-order valence-corrected chi connectivity index (χ1v) is 16.8. The molecule has 12 N–H and O–H groups in total. The summed E-state index contributed by atoms with van der Waals surface area (Å²) in [6, 6.07) is 13.1. The zero-order chi connectivity index (χ0) is 37.6. The summed E-state index contributed by atoms with van der Waals surface area (Å²) in [4.78, 5) is 81.1. The van der Waals surface area contributed by atoms with E-state index in [2.05, 4.69) is 31.9 Å². The van der Waals surface area contributed by atoms with Crippen LogP contribution in [0.15, 0.2) is 72.8 Å². The van der Waals surface area contributed by atoms with Crippen molar-refractivity contribution >= 4 is 41.1 Å². The van der Waals surface area contributed by atoms with E-state index in [1.807, 2.05) is 0 Å². The molecule has 6 amide bonds. The van der Waals surface area contributed by atoms with Crippen LogP contribution >= 0.6 is 0 Å². The highest BCUT2D eigenvalue weighted by Gasteiger charge is 2.33. The number of amides is 6. The van der Waals surface area contributed by atoms with Gasteiger partial charge in [0.25, 0.3) is 5.91 Å². The number of unbranched alkanes of at least 4 members (excludes halogenated alkanes) is 1. The molecule has 16 nitrogen and oxygen atoms in total. The molecule has 0 unspecified atom stereocenters. The second kappa shape index (κ2) is 18.7. The predicted molar refractivity (Wildman–Crippen MR) is 190 cm³/mol. The Balaban J connectivity index is 1.68. The molecule has 0 spiro atoms. The van der Waals surface area contributed by atoms with E-state index < -0.39 is 72.7 Å². The number of rotatable bonds is 11. The monoisotopic (exact) mass is 716 g/mol. The van der Waals surface area contributed by atoms with Crippen molar-refractivity contribution in [3.8, 4) is 11.5 Å². The lowest BCUT2D eigenvalue weighted by atomic mass is 10.0. The van der Waals surface area contributed by atoms with E-state index >= 15 is 0 Å². The smallest absolute Gasteiger partial charge is 0.253 e. The Kier molecular flexibility index (Phi) is 13.9. The van der Waals surface area contributed by atoms with Crippen molar-refractivity contribution in [1.29, 1.82) is 0 Å². The Morgan fingerprint density at radius 1 is 0.673 bits per heavy atom. The fourth-order valence-corrected chi connectivity index (χ4v) is 5.47. The van der Waals surface area contributed by atoms with Crippen LogP contribution in [0.2, 0.25) is 0 Å². The molecular formula is C36H44N8O8. The van der Waals surface area contributed by atoms with Gasteiger partial charge in [-0.3, -0.25) is 28.8 Å². The van der Waals surface area contributed by atoms with Gasteiger partial charge < -0.3 is 53.6 Å². The second-order valence-electron chi connectivity index (χ2n) is 12.3. The second-order valence-corrected chi connectivity index (χ2v) is 12.3. The average molecular weight is 717 g/mol. The van der Waals surface area contributed by atoms with E-state index in [0.29, 0.717) is 30.5 Å². The highest BCUT2D eigenvalue weighted by molar-refractivity contribution is 6.00. The minimum absolute atomic E-state index is 0.00153. The first kappa shape index (κ1) is 38.6. The Morgan fingerprint density at radius 3 is 1.79 bits per heavy atom. The molecule has 1 aliphatic rings. The molecule has 4 atom stereocenters. The number of aromatic hydroxyl groups is 2. The summed E-state index contributed by atoms with van der Waals surface area (Å²) in [6.45, 7) is -0.661. The first-order valence-electron chi connectivity index (χ1n) is 16.8. The zero-order valence-corrected chi connectivity index (χ0v) is 28.4. The number of hydrogen-bond acceptors (Lipinski definition) is 10.